The van der Waals surface area contributed by atoms with Gasteiger partial charge in [0, 0.05) is 24.2 Å². The van der Waals surface area contributed by atoms with Crippen molar-refractivity contribution in [3.05, 3.63) is 35.4 Å². The molecule has 2 aliphatic rings. The van der Waals surface area contributed by atoms with Gasteiger partial charge in [-0.05, 0) is 49.9 Å². The predicted molar refractivity (Wildman–Crippen MR) is 88.2 cm³/mol. The molecule has 2 atom stereocenters. The molecule has 21 heavy (non-hydrogen) atoms. The maximum absolute atomic E-state index is 12.8. The smallest absolute Gasteiger partial charge is 0.254 e. The largest absolute Gasteiger partial charge is 0.331 e. The van der Waals surface area contributed by atoms with Gasteiger partial charge in [0.05, 0.1) is 0 Å². The van der Waals surface area contributed by atoms with E-state index in [9.17, 15) is 4.79 Å². The van der Waals surface area contributed by atoms with E-state index in [0.29, 0.717) is 12.1 Å². The van der Waals surface area contributed by atoms with Crippen LogP contribution in [0.5, 0.6) is 0 Å². The molecule has 0 spiro atoms. The van der Waals surface area contributed by atoms with Gasteiger partial charge in [-0.2, -0.15) is 0 Å². The van der Waals surface area contributed by atoms with E-state index < -0.39 is 0 Å². The molecule has 2 aliphatic heterocycles. The van der Waals surface area contributed by atoms with Crippen LogP contribution in [-0.2, 0) is 6.42 Å². The molecule has 2 unspecified atom stereocenters. The highest BCUT2D eigenvalue weighted by molar-refractivity contribution is 5.95. The number of amides is 1. The Labute approximate surface area is 133 Å². The Kier molecular flexibility index (Phi) is 5.65. The standard InChI is InChI=1S/C17H24N2O.ClH/c1-2-3-13-4-6-14(7-5-13)17(20)19-15-8-9-16(19)12-18-11-10-15;/h4-7,15-16,18H,2-3,8-12H2,1H3;1H. The number of fused-ring (bicyclic) bond motifs is 2. The highest BCUT2D eigenvalue weighted by Gasteiger charge is 2.38. The summed E-state index contributed by atoms with van der Waals surface area (Å²) < 4.78 is 0. The molecule has 1 aromatic rings. The Morgan fingerprint density at radius 2 is 1.90 bits per heavy atom. The molecule has 0 aromatic heterocycles. The van der Waals surface area contributed by atoms with Crippen molar-refractivity contribution < 1.29 is 4.79 Å². The maximum atomic E-state index is 12.8. The van der Waals surface area contributed by atoms with Gasteiger partial charge in [0.25, 0.3) is 5.91 Å². The first-order valence-electron chi connectivity index (χ1n) is 7.92. The maximum Gasteiger partial charge on any atom is 0.254 e. The van der Waals surface area contributed by atoms with Gasteiger partial charge in [0.2, 0.25) is 0 Å². The minimum absolute atomic E-state index is 0. The first kappa shape index (κ1) is 16.3. The number of carbonyl (C=O) groups excluding carboxylic acids is 1. The highest BCUT2D eigenvalue weighted by atomic mass is 35.5. The molecule has 1 N–H and O–H groups in total. The fourth-order valence-electron chi connectivity index (χ4n) is 3.57. The van der Waals surface area contributed by atoms with Gasteiger partial charge in [0.15, 0.2) is 0 Å². The zero-order chi connectivity index (χ0) is 13.9. The molecule has 1 amide bonds. The monoisotopic (exact) mass is 308 g/mol. The third-order valence-corrected chi connectivity index (χ3v) is 4.63. The molecule has 116 valence electrons. The minimum Gasteiger partial charge on any atom is -0.331 e. The van der Waals surface area contributed by atoms with E-state index in [1.165, 1.54) is 12.0 Å². The van der Waals surface area contributed by atoms with Crippen LogP contribution in [0.4, 0.5) is 0 Å². The van der Waals surface area contributed by atoms with Gasteiger partial charge in [-0.3, -0.25) is 4.79 Å². The van der Waals surface area contributed by atoms with E-state index in [4.69, 9.17) is 0 Å². The number of rotatable bonds is 3. The summed E-state index contributed by atoms with van der Waals surface area (Å²) in [4.78, 5) is 14.9. The van der Waals surface area contributed by atoms with Crippen LogP contribution in [-0.4, -0.2) is 36.0 Å². The van der Waals surface area contributed by atoms with Crippen molar-refractivity contribution in [1.82, 2.24) is 10.2 Å². The zero-order valence-corrected chi connectivity index (χ0v) is 13.5. The van der Waals surface area contributed by atoms with Gasteiger partial charge in [-0.15, -0.1) is 12.4 Å². The summed E-state index contributed by atoms with van der Waals surface area (Å²) in [6.45, 7) is 4.18. The summed E-state index contributed by atoms with van der Waals surface area (Å²) in [6, 6.07) is 9.06. The number of halogens is 1. The number of carbonyl (C=O) groups is 1. The minimum atomic E-state index is 0. The summed E-state index contributed by atoms with van der Waals surface area (Å²) in [5.74, 6) is 0.226. The molecule has 2 heterocycles. The van der Waals surface area contributed by atoms with Crippen LogP contribution >= 0.6 is 12.4 Å². The van der Waals surface area contributed by atoms with Gasteiger partial charge in [-0.25, -0.2) is 0 Å². The number of hydrogen-bond donors (Lipinski definition) is 1. The molecule has 0 aliphatic carbocycles. The first-order valence-corrected chi connectivity index (χ1v) is 7.92. The summed E-state index contributed by atoms with van der Waals surface area (Å²) in [5, 5.41) is 3.45. The van der Waals surface area contributed by atoms with Crippen molar-refractivity contribution in [2.45, 2.75) is 51.1 Å². The lowest BCUT2D eigenvalue weighted by atomic mass is 10.1. The summed E-state index contributed by atoms with van der Waals surface area (Å²) in [6.07, 6.45) is 5.65. The second-order valence-corrected chi connectivity index (χ2v) is 6.04. The fraction of sp³-hybridized carbons (Fsp3) is 0.588. The molecule has 2 bridgehead atoms. The van der Waals surface area contributed by atoms with Crippen LogP contribution in [0.25, 0.3) is 0 Å². The molecule has 2 saturated heterocycles. The lowest BCUT2D eigenvalue weighted by molar-refractivity contribution is 0.0680. The van der Waals surface area contributed by atoms with E-state index in [1.807, 2.05) is 12.1 Å². The summed E-state index contributed by atoms with van der Waals surface area (Å²) >= 11 is 0. The van der Waals surface area contributed by atoms with Crippen molar-refractivity contribution >= 4 is 18.3 Å². The number of nitrogens with one attached hydrogen (secondary N) is 1. The molecule has 4 heteroatoms. The van der Waals surface area contributed by atoms with Crippen molar-refractivity contribution in [3.8, 4) is 0 Å². The first-order chi connectivity index (χ1) is 9.79. The molecule has 2 fully saturated rings. The van der Waals surface area contributed by atoms with Crippen molar-refractivity contribution in [2.75, 3.05) is 13.1 Å². The molecular weight excluding hydrogens is 284 g/mol. The third kappa shape index (κ3) is 3.41. The molecule has 0 saturated carbocycles. The van der Waals surface area contributed by atoms with Gasteiger partial charge in [0.1, 0.15) is 0 Å². The Morgan fingerprint density at radius 3 is 2.62 bits per heavy atom. The molecule has 0 radical (unpaired) electrons. The Hall–Kier alpha value is -1.06. The molecule has 3 nitrogen and oxygen atoms in total. The Morgan fingerprint density at radius 1 is 1.19 bits per heavy atom. The predicted octanol–water partition coefficient (Wildman–Crippen LogP) is 3.03. The average molecular weight is 309 g/mol. The quantitative estimate of drug-likeness (QED) is 0.931. The van der Waals surface area contributed by atoms with Crippen molar-refractivity contribution in [2.24, 2.45) is 0 Å². The van der Waals surface area contributed by atoms with E-state index in [0.717, 1.165) is 44.3 Å². The number of aryl methyl sites for hydroxylation is 1. The third-order valence-electron chi connectivity index (χ3n) is 4.63. The van der Waals surface area contributed by atoms with E-state index >= 15 is 0 Å². The average Bonchev–Trinajstić information content (AvgIpc) is 2.72. The highest BCUT2D eigenvalue weighted by Crippen LogP contribution is 2.29. The number of hydrogen-bond acceptors (Lipinski definition) is 2. The lowest BCUT2D eigenvalue weighted by Gasteiger charge is -2.28. The fourth-order valence-corrected chi connectivity index (χ4v) is 3.57. The number of nitrogens with zero attached hydrogens (tertiary/aromatic N) is 1. The zero-order valence-electron chi connectivity index (χ0n) is 12.7. The van der Waals surface area contributed by atoms with E-state index in [1.54, 1.807) is 0 Å². The van der Waals surface area contributed by atoms with Crippen molar-refractivity contribution in [1.29, 1.82) is 0 Å². The van der Waals surface area contributed by atoms with Crippen LogP contribution in [0.3, 0.4) is 0 Å². The van der Waals surface area contributed by atoms with Crippen LogP contribution in [0, 0.1) is 0 Å². The molecular formula is C17H25ClN2O. The Balaban J connectivity index is 0.00000161. The van der Waals surface area contributed by atoms with E-state index in [-0.39, 0.29) is 18.3 Å². The van der Waals surface area contributed by atoms with Crippen LogP contribution in [0.15, 0.2) is 24.3 Å². The van der Waals surface area contributed by atoms with Gasteiger partial charge in [-0.1, -0.05) is 25.5 Å². The van der Waals surface area contributed by atoms with Gasteiger partial charge >= 0.3 is 0 Å². The summed E-state index contributed by atoms with van der Waals surface area (Å²) in [7, 11) is 0. The topological polar surface area (TPSA) is 32.3 Å². The van der Waals surface area contributed by atoms with Crippen LogP contribution < -0.4 is 5.32 Å². The second kappa shape index (κ2) is 7.28. The SMILES string of the molecule is CCCc1ccc(C(=O)N2C3CCNCC2CC3)cc1.Cl. The normalized spacial score (nSPS) is 24.3. The van der Waals surface area contributed by atoms with Crippen LogP contribution in [0.1, 0.15) is 48.5 Å². The molecule has 1 aromatic carbocycles. The second-order valence-electron chi connectivity index (χ2n) is 6.04. The van der Waals surface area contributed by atoms with Gasteiger partial charge < -0.3 is 10.2 Å². The molecule has 3 rings (SSSR count). The van der Waals surface area contributed by atoms with Crippen molar-refractivity contribution in [3.63, 3.8) is 0 Å². The number of benzene rings is 1. The van der Waals surface area contributed by atoms with Crippen LogP contribution in [0.2, 0.25) is 0 Å². The summed E-state index contributed by atoms with van der Waals surface area (Å²) in [5.41, 5.74) is 2.17. The lowest BCUT2D eigenvalue weighted by Crippen LogP contribution is -2.42. The van der Waals surface area contributed by atoms with E-state index in [2.05, 4.69) is 29.3 Å². The Bertz CT molecular complexity index is 460.